The van der Waals surface area contributed by atoms with Crippen molar-refractivity contribution >= 4 is 23.1 Å². The first kappa shape index (κ1) is 27.6. The minimum atomic E-state index is -0.644. The summed E-state index contributed by atoms with van der Waals surface area (Å²) in [6, 6.07) is 4.01. The number of hydrogen-bond acceptors (Lipinski definition) is 9. The first-order valence-electron chi connectivity index (χ1n) is 13.7. The predicted octanol–water partition coefficient (Wildman–Crippen LogP) is 3.69. The molecule has 3 aliphatic rings. The normalized spacial score (nSPS) is 22.0. The number of rotatable bonds is 7. The van der Waals surface area contributed by atoms with Crippen molar-refractivity contribution < 1.29 is 27.8 Å². The van der Waals surface area contributed by atoms with E-state index in [1.165, 1.54) is 41.6 Å². The van der Waals surface area contributed by atoms with Crippen LogP contribution in [0.25, 0.3) is 22.5 Å². The van der Waals surface area contributed by atoms with Crippen molar-refractivity contribution in [3.63, 3.8) is 0 Å². The Morgan fingerprint density at radius 1 is 1.14 bits per heavy atom. The van der Waals surface area contributed by atoms with Crippen molar-refractivity contribution in [1.29, 1.82) is 0 Å². The Hall–Kier alpha value is -4.27. The largest absolute Gasteiger partial charge is 0.473 e. The number of imidazole rings is 1. The zero-order valence-electron chi connectivity index (χ0n) is 22.6. The van der Waals surface area contributed by atoms with Crippen LogP contribution in [0.4, 0.5) is 8.78 Å². The fraction of sp³-hybridized carbons (Fsp3) is 0.357. The molecular weight excluding hydrogens is 586 g/mol. The van der Waals surface area contributed by atoms with E-state index < -0.39 is 11.6 Å². The number of fused-ring (bicyclic) bond motifs is 1. The van der Waals surface area contributed by atoms with Gasteiger partial charge in [0.25, 0.3) is 5.88 Å². The highest BCUT2D eigenvalue weighted by Crippen LogP contribution is 2.44. The minimum absolute atomic E-state index is 0.0664. The van der Waals surface area contributed by atoms with Crippen molar-refractivity contribution in [2.45, 2.75) is 37.5 Å². The number of amides is 1. The summed E-state index contributed by atoms with van der Waals surface area (Å²) in [7, 11) is 0. The SMILES string of the molecule is O=C1C=C(c2c(-n3cnnn3)ccc(Cl)c2F)C[C@H]2CC[C@H](c3ncc(-c4ccnc(OC[C@@H]5COCCO5)c4F)[nH]3)N12. The van der Waals surface area contributed by atoms with Gasteiger partial charge in [-0.25, -0.2) is 18.7 Å². The maximum atomic E-state index is 15.4. The van der Waals surface area contributed by atoms with E-state index in [1.807, 2.05) is 0 Å². The van der Waals surface area contributed by atoms with Crippen molar-refractivity contribution in [3.05, 3.63) is 71.0 Å². The van der Waals surface area contributed by atoms with Gasteiger partial charge in [0.1, 0.15) is 24.9 Å². The fourth-order valence-electron chi connectivity index (χ4n) is 5.89. The Bertz CT molecular complexity index is 1690. The third kappa shape index (κ3) is 5.15. The number of ether oxygens (including phenoxy) is 3. The highest BCUT2D eigenvalue weighted by Gasteiger charge is 2.42. The lowest BCUT2D eigenvalue weighted by molar-refractivity contribution is -0.129. The van der Waals surface area contributed by atoms with Crippen LogP contribution in [0.3, 0.4) is 0 Å². The molecule has 7 rings (SSSR count). The van der Waals surface area contributed by atoms with Crippen molar-refractivity contribution in [3.8, 4) is 22.8 Å². The molecular formula is C28H25ClF2N8O4. The molecule has 222 valence electrons. The fourth-order valence-corrected chi connectivity index (χ4v) is 6.04. The average molecular weight is 611 g/mol. The van der Waals surface area contributed by atoms with Gasteiger partial charge in [0, 0.05) is 29.4 Å². The van der Waals surface area contributed by atoms with Gasteiger partial charge < -0.3 is 24.1 Å². The van der Waals surface area contributed by atoms with E-state index >= 15 is 8.78 Å². The van der Waals surface area contributed by atoms with Gasteiger partial charge in [-0.15, -0.1) is 5.10 Å². The Morgan fingerprint density at radius 2 is 2.05 bits per heavy atom. The second-order valence-electron chi connectivity index (χ2n) is 10.4. The molecule has 2 saturated heterocycles. The second kappa shape index (κ2) is 11.4. The van der Waals surface area contributed by atoms with Crippen molar-refractivity contribution in [2.24, 2.45) is 0 Å². The van der Waals surface area contributed by atoms with Gasteiger partial charge in [-0.2, -0.15) is 4.68 Å². The van der Waals surface area contributed by atoms with Crippen LogP contribution in [0.5, 0.6) is 5.88 Å². The van der Waals surface area contributed by atoms with Crippen LogP contribution in [0.1, 0.15) is 36.7 Å². The predicted molar refractivity (Wildman–Crippen MR) is 147 cm³/mol. The summed E-state index contributed by atoms with van der Waals surface area (Å²) in [5.74, 6) is -1.19. The summed E-state index contributed by atoms with van der Waals surface area (Å²) >= 11 is 6.12. The Morgan fingerprint density at radius 3 is 2.86 bits per heavy atom. The van der Waals surface area contributed by atoms with Crippen LogP contribution in [-0.4, -0.2) is 84.5 Å². The van der Waals surface area contributed by atoms with Gasteiger partial charge in [-0.3, -0.25) is 4.79 Å². The van der Waals surface area contributed by atoms with E-state index in [2.05, 4.69) is 30.5 Å². The monoisotopic (exact) mass is 610 g/mol. The quantitative estimate of drug-likeness (QED) is 0.332. The number of halogens is 3. The van der Waals surface area contributed by atoms with Crippen LogP contribution in [0.15, 0.2) is 43.0 Å². The first-order valence-corrected chi connectivity index (χ1v) is 14.1. The molecule has 6 heterocycles. The molecule has 1 amide bonds. The average Bonchev–Trinajstić information content (AvgIpc) is 3.80. The highest BCUT2D eigenvalue weighted by molar-refractivity contribution is 6.31. The number of aromatic nitrogens is 7. The number of benzene rings is 1. The summed E-state index contributed by atoms with van der Waals surface area (Å²) < 4.78 is 48.6. The summed E-state index contributed by atoms with van der Waals surface area (Å²) in [5, 5.41) is 11.1. The number of carbonyl (C=O) groups is 1. The molecule has 0 unspecified atom stereocenters. The van der Waals surface area contributed by atoms with Gasteiger partial charge in [0.05, 0.1) is 48.5 Å². The molecule has 15 heteroatoms. The third-order valence-electron chi connectivity index (χ3n) is 7.85. The molecule has 3 atom stereocenters. The van der Waals surface area contributed by atoms with Gasteiger partial charge in [0.15, 0.2) is 11.6 Å². The summed E-state index contributed by atoms with van der Waals surface area (Å²) in [5.41, 5.74) is 1.73. The summed E-state index contributed by atoms with van der Waals surface area (Å²) in [4.78, 5) is 27.0. The smallest absolute Gasteiger partial charge is 0.251 e. The maximum Gasteiger partial charge on any atom is 0.251 e. The Labute approximate surface area is 248 Å². The number of pyridine rings is 1. The number of carbonyl (C=O) groups excluding carboxylic acids is 1. The topological polar surface area (TPSA) is 133 Å². The standard InChI is InChI=1S/C28H25ClF2N8O4/c29-19-2-4-21(38-14-34-36-37-38)24(26(19)31)15-9-16-1-3-22(39(16)23(40)10-15)27-33-11-20(35-27)18-5-6-32-28(25(18)30)43-13-17-12-41-7-8-42-17/h2,4-6,10-11,14,16-17,22H,1,3,7-9,12-13H2,(H,33,35)/t16-,17+,22-/m1/s1. The van der Waals surface area contributed by atoms with Gasteiger partial charge in [0.2, 0.25) is 5.91 Å². The molecule has 1 N–H and O–H groups in total. The number of hydrogen-bond donors (Lipinski definition) is 1. The van der Waals surface area contributed by atoms with Gasteiger partial charge in [-0.1, -0.05) is 11.6 Å². The van der Waals surface area contributed by atoms with Crippen LogP contribution in [0, 0.1) is 11.6 Å². The van der Waals surface area contributed by atoms with Crippen LogP contribution >= 0.6 is 11.6 Å². The van der Waals surface area contributed by atoms with Crippen molar-refractivity contribution in [1.82, 2.24) is 40.1 Å². The Kier molecular flexibility index (Phi) is 7.33. The van der Waals surface area contributed by atoms with E-state index in [0.717, 1.165) is 0 Å². The Balaban J connectivity index is 1.12. The first-order chi connectivity index (χ1) is 21.0. The van der Waals surface area contributed by atoms with Gasteiger partial charge >= 0.3 is 0 Å². The van der Waals surface area contributed by atoms with Crippen molar-refractivity contribution in [2.75, 3.05) is 26.4 Å². The van der Waals surface area contributed by atoms with E-state index in [9.17, 15) is 4.79 Å². The molecule has 12 nitrogen and oxygen atoms in total. The number of aromatic amines is 1. The molecule has 4 aromatic rings. The molecule has 43 heavy (non-hydrogen) atoms. The summed E-state index contributed by atoms with van der Waals surface area (Å²) in [6.07, 6.45) is 7.15. The van der Waals surface area contributed by atoms with Crippen LogP contribution in [-0.2, 0) is 14.3 Å². The molecule has 0 saturated carbocycles. The molecule has 0 bridgehead atoms. The lowest BCUT2D eigenvalue weighted by atomic mass is 9.92. The highest BCUT2D eigenvalue weighted by atomic mass is 35.5. The lowest BCUT2D eigenvalue weighted by Gasteiger charge is -2.33. The molecule has 0 spiro atoms. The minimum Gasteiger partial charge on any atom is -0.473 e. The molecule has 0 aliphatic carbocycles. The number of H-pyrrole nitrogens is 1. The van der Waals surface area contributed by atoms with E-state index in [4.69, 9.17) is 25.8 Å². The van der Waals surface area contributed by atoms with Crippen LogP contribution in [0.2, 0.25) is 5.02 Å². The van der Waals surface area contributed by atoms with E-state index in [0.29, 0.717) is 61.9 Å². The second-order valence-corrected chi connectivity index (χ2v) is 10.8. The number of nitrogens with one attached hydrogen (secondary N) is 1. The molecule has 1 aromatic carbocycles. The molecule has 3 aromatic heterocycles. The summed E-state index contributed by atoms with van der Waals surface area (Å²) in [6.45, 7) is 1.45. The zero-order valence-corrected chi connectivity index (χ0v) is 23.4. The third-order valence-corrected chi connectivity index (χ3v) is 8.14. The van der Waals surface area contributed by atoms with E-state index in [1.54, 1.807) is 11.0 Å². The molecule has 0 radical (unpaired) electrons. The number of nitrogens with zero attached hydrogens (tertiary/aromatic N) is 7. The molecule has 2 fully saturated rings. The number of tetrazole rings is 1. The molecule has 3 aliphatic heterocycles. The zero-order chi connectivity index (χ0) is 29.5. The van der Waals surface area contributed by atoms with E-state index in [-0.39, 0.29) is 52.7 Å². The van der Waals surface area contributed by atoms with Crippen LogP contribution < -0.4 is 4.74 Å². The maximum absolute atomic E-state index is 15.4. The lowest BCUT2D eigenvalue weighted by Crippen LogP contribution is -2.39. The van der Waals surface area contributed by atoms with Gasteiger partial charge in [-0.05, 0) is 53.5 Å².